The van der Waals surface area contributed by atoms with Gasteiger partial charge in [0.25, 0.3) is 5.91 Å². The summed E-state index contributed by atoms with van der Waals surface area (Å²) in [6.45, 7) is 1.81. The Morgan fingerprint density at radius 3 is 2.39 bits per heavy atom. The summed E-state index contributed by atoms with van der Waals surface area (Å²) < 4.78 is 0. The molecule has 4 nitrogen and oxygen atoms in total. The van der Waals surface area contributed by atoms with Gasteiger partial charge in [-0.2, -0.15) is 5.10 Å². The molecule has 0 aliphatic heterocycles. The van der Waals surface area contributed by atoms with Gasteiger partial charge in [-0.05, 0) is 19.1 Å². The Balaban J connectivity index is 2.33. The minimum absolute atomic E-state index is 0.178. The van der Waals surface area contributed by atoms with E-state index in [1.165, 1.54) is 12.1 Å². The molecule has 0 bridgehead atoms. The molecule has 2 N–H and O–H groups in total. The van der Waals surface area contributed by atoms with E-state index in [-0.39, 0.29) is 15.6 Å². The highest BCUT2D eigenvalue weighted by molar-refractivity contribution is 6.42. The third-order valence-corrected chi connectivity index (χ3v) is 3.12. The molecular formula is C11H8Cl3N3O. The molecule has 1 aromatic carbocycles. The van der Waals surface area contributed by atoms with Crippen molar-refractivity contribution in [2.24, 2.45) is 0 Å². The van der Waals surface area contributed by atoms with Crippen molar-refractivity contribution in [3.8, 4) is 0 Å². The van der Waals surface area contributed by atoms with Crippen LogP contribution in [0.1, 0.15) is 15.9 Å². The van der Waals surface area contributed by atoms with Gasteiger partial charge < -0.3 is 5.32 Å². The van der Waals surface area contributed by atoms with Crippen molar-refractivity contribution in [3.05, 3.63) is 44.5 Å². The molecule has 94 valence electrons. The van der Waals surface area contributed by atoms with Gasteiger partial charge in [-0.3, -0.25) is 9.89 Å². The molecule has 2 rings (SSSR count). The summed E-state index contributed by atoms with van der Waals surface area (Å²) in [6.07, 6.45) is 1.60. The lowest BCUT2D eigenvalue weighted by atomic mass is 10.2. The second-order valence-electron chi connectivity index (χ2n) is 3.63. The van der Waals surface area contributed by atoms with Crippen LogP contribution in [0, 0.1) is 6.92 Å². The molecule has 0 saturated carbocycles. The normalized spacial score (nSPS) is 10.4. The van der Waals surface area contributed by atoms with E-state index < -0.39 is 5.91 Å². The number of nitrogens with zero attached hydrogens (tertiary/aromatic N) is 1. The van der Waals surface area contributed by atoms with Gasteiger partial charge in [-0.25, -0.2) is 0 Å². The molecule has 2 aromatic rings. The highest BCUT2D eigenvalue weighted by Gasteiger charge is 2.17. The van der Waals surface area contributed by atoms with E-state index in [1.807, 2.05) is 6.92 Å². The summed E-state index contributed by atoms with van der Waals surface area (Å²) in [5, 5.41) is 9.87. The zero-order valence-corrected chi connectivity index (χ0v) is 11.5. The van der Waals surface area contributed by atoms with Gasteiger partial charge in [0.15, 0.2) is 0 Å². The van der Waals surface area contributed by atoms with Crippen molar-refractivity contribution in [1.29, 1.82) is 0 Å². The largest absolute Gasteiger partial charge is 0.307 e. The average molecular weight is 305 g/mol. The Hall–Kier alpha value is -1.23. The van der Waals surface area contributed by atoms with Gasteiger partial charge in [0.1, 0.15) is 5.82 Å². The van der Waals surface area contributed by atoms with Gasteiger partial charge in [-0.1, -0.05) is 34.8 Å². The molecule has 0 aliphatic carbocycles. The van der Waals surface area contributed by atoms with E-state index in [0.717, 1.165) is 5.56 Å². The van der Waals surface area contributed by atoms with Crippen molar-refractivity contribution < 1.29 is 4.79 Å². The summed E-state index contributed by atoms with van der Waals surface area (Å²) in [5.41, 5.74) is 0.987. The van der Waals surface area contributed by atoms with E-state index >= 15 is 0 Å². The van der Waals surface area contributed by atoms with Crippen LogP contribution in [-0.2, 0) is 0 Å². The molecule has 0 radical (unpaired) electrons. The van der Waals surface area contributed by atoms with Crippen LogP contribution in [0.25, 0.3) is 0 Å². The maximum atomic E-state index is 12.0. The Kier molecular flexibility index (Phi) is 3.80. The fraction of sp³-hybridized carbons (Fsp3) is 0.0909. The molecular weight excluding hydrogens is 296 g/mol. The van der Waals surface area contributed by atoms with Crippen LogP contribution in [-0.4, -0.2) is 16.1 Å². The number of rotatable bonds is 2. The molecule has 0 unspecified atom stereocenters. The van der Waals surface area contributed by atoms with Crippen LogP contribution in [0.3, 0.4) is 0 Å². The molecule has 1 amide bonds. The number of benzene rings is 1. The summed E-state index contributed by atoms with van der Waals surface area (Å²) >= 11 is 17.7. The first kappa shape index (κ1) is 13.2. The Bertz CT molecular complexity index is 586. The van der Waals surface area contributed by atoms with Crippen molar-refractivity contribution in [3.63, 3.8) is 0 Å². The third kappa shape index (κ3) is 2.61. The number of halogens is 3. The van der Waals surface area contributed by atoms with E-state index in [1.54, 1.807) is 6.20 Å². The van der Waals surface area contributed by atoms with E-state index in [0.29, 0.717) is 10.8 Å². The summed E-state index contributed by atoms with van der Waals surface area (Å²) in [5.74, 6) is 0.0797. The number of carbonyl (C=O) groups is 1. The summed E-state index contributed by atoms with van der Waals surface area (Å²) in [7, 11) is 0. The maximum Gasteiger partial charge on any atom is 0.259 e. The number of aryl methyl sites for hydroxylation is 1. The zero-order valence-electron chi connectivity index (χ0n) is 9.22. The van der Waals surface area contributed by atoms with Crippen LogP contribution in [0.2, 0.25) is 15.1 Å². The van der Waals surface area contributed by atoms with Crippen LogP contribution < -0.4 is 5.32 Å². The number of aromatic amines is 1. The molecule has 0 saturated heterocycles. The van der Waals surface area contributed by atoms with Gasteiger partial charge in [0.05, 0.1) is 21.8 Å². The van der Waals surface area contributed by atoms with Gasteiger partial charge in [-0.15, -0.1) is 0 Å². The number of H-pyrrole nitrogens is 1. The fourth-order valence-electron chi connectivity index (χ4n) is 1.41. The Morgan fingerprint density at radius 2 is 1.89 bits per heavy atom. The topological polar surface area (TPSA) is 57.8 Å². The molecule has 1 heterocycles. The number of hydrogen-bond acceptors (Lipinski definition) is 2. The van der Waals surface area contributed by atoms with E-state index in [9.17, 15) is 4.79 Å². The molecule has 0 fully saturated rings. The Morgan fingerprint density at radius 1 is 1.28 bits per heavy atom. The maximum absolute atomic E-state index is 12.0. The minimum Gasteiger partial charge on any atom is -0.307 e. The van der Waals surface area contributed by atoms with Crippen molar-refractivity contribution >= 4 is 46.5 Å². The Labute approximate surface area is 118 Å². The molecule has 7 heteroatoms. The van der Waals surface area contributed by atoms with Gasteiger partial charge in [0, 0.05) is 10.6 Å². The number of nitrogens with one attached hydrogen (secondary N) is 2. The van der Waals surface area contributed by atoms with Crippen LogP contribution >= 0.6 is 34.8 Å². The van der Waals surface area contributed by atoms with Gasteiger partial charge in [0.2, 0.25) is 0 Å². The predicted octanol–water partition coefficient (Wildman–Crippen LogP) is 3.93. The van der Waals surface area contributed by atoms with Gasteiger partial charge >= 0.3 is 0 Å². The lowest BCUT2D eigenvalue weighted by Crippen LogP contribution is -2.14. The average Bonchev–Trinajstić information content (AvgIpc) is 2.62. The van der Waals surface area contributed by atoms with Crippen LogP contribution in [0.5, 0.6) is 0 Å². The standard InChI is InChI=1S/C11H8Cl3N3O/c1-5-4-15-17-10(5)16-11(18)9-7(13)2-6(12)3-8(9)14/h2-4H,1H3,(H2,15,16,17,18). The smallest absolute Gasteiger partial charge is 0.259 e. The fourth-order valence-corrected chi connectivity index (χ4v) is 2.40. The first-order valence-corrected chi connectivity index (χ1v) is 6.08. The summed E-state index contributed by atoms with van der Waals surface area (Å²) in [4.78, 5) is 12.0. The lowest BCUT2D eigenvalue weighted by Gasteiger charge is -2.08. The lowest BCUT2D eigenvalue weighted by molar-refractivity contribution is 0.102. The van der Waals surface area contributed by atoms with E-state index in [2.05, 4.69) is 15.5 Å². The predicted molar refractivity (Wildman–Crippen MR) is 72.7 cm³/mol. The number of amides is 1. The number of aromatic nitrogens is 2. The second-order valence-corrected chi connectivity index (χ2v) is 4.88. The molecule has 18 heavy (non-hydrogen) atoms. The first-order valence-electron chi connectivity index (χ1n) is 4.95. The SMILES string of the molecule is Cc1cn[nH]c1NC(=O)c1c(Cl)cc(Cl)cc1Cl. The van der Waals surface area contributed by atoms with Crippen LogP contribution in [0.15, 0.2) is 18.3 Å². The van der Waals surface area contributed by atoms with Crippen molar-refractivity contribution in [1.82, 2.24) is 10.2 Å². The molecule has 1 aromatic heterocycles. The van der Waals surface area contributed by atoms with E-state index in [4.69, 9.17) is 34.8 Å². The zero-order chi connectivity index (χ0) is 13.3. The highest BCUT2D eigenvalue weighted by atomic mass is 35.5. The number of hydrogen-bond donors (Lipinski definition) is 2. The minimum atomic E-state index is -0.422. The quantitative estimate of drug-likeness (QED) is 0.883. The highest BCUT2D eigenvalue weighted by Crippen LogP contribution is 2.29. The summed E-state index contributed by atoms with van der Waals surface area (Å²) in [6, 6.07) is 2.92. The molecule has 0 aliphatic rings. The molecule has 0 spiro atoms. The number of anilines is 1. The second kappa shape index (κ2) is 5.18. The number of carbonyl (C=O) groups excluding carboxylic acids is 1. The third-order valence-electron chi connectivity index (χ3n) is 2.30. The monoisotopic (exact) mass is 303 g/mol. The van der Waals surface area contributed by atoms with Crippen molar-refractivity contribution in [2.75, 3.05) is 5.32 Å². The van der Waals surface area contributed by atoms with Crippen molar-refractivity contribution in [2.45, 2.75) is 6.92 Å². The first-order chi connectivity index (χ1) is 8.49. The van der Waals surface area contributed by atoms with Crippen LogP contribution in [0.4, 0.5) is 5.82 Å². The molecule has 0 atom stereocenters.